The first-order valence-electron chi connectivity index (χ1n) is 9.84. The molecule has 162 valence electrons. The molecule has 3 heterocycles. The number of carboxylic acid groups (broad SMARTS) is 1. The predicted octanol–water partition coefficient (Wildman–Crippen LogP) is 3.91. The second kappa shape index (κ2) is 8.07. The average Bonchev–Trinajstić information content (AvgIpc) is 3.27. The molecule has 31 heavy (non-hydrogen) atoms. The van der Waals surface area contributed by atoms with Crippen LogP contribution in [0, 0.1) is 0 Å². The number of aromatic nitrogens is 1. The van der Waals surface area contributed by atoms with Crippen molar-refractivity contribution in [2.45, 2.75) is 30.8 Å². The lowest BCUT2D eigenvalue weighted by atomic mass is 10.1. The van der Waals surface area contributed by atoms with Gasteiger partial charge in [0.15, 0.2) is 0 Å². The average molecular weight is 458 g/mol. The van der Waals surface area contributed by atoms with Crippen molar-refractivity contribution in [3.8, 4) is 21.6 Å². The molecule has 0 aliphatic carbocycles. The minimum absolute atomic E-state index is 0.106. The number of aliphatic carboxylic acids is 1. The molecule has 1 unspecified atom stereocenters. The third kappa shape index (κ3) is 3.84. The van der Waals surface area contributed by atoms with Crippen molar-refractivity contribution in [3.63, 3.8) is 0 Å². The van der Waals surface area contributed by atoms with Crippen molar-refractivity contribution in [1.29, 1.82) is 0 Å². The predicted molar refractivity (Wildman–Crippen MR) is 122 cm³/mol. The molecule has 0 saturated heterocycles. The number of hydrogen-bond acceptors (Lipinski definition) is 6. The second-order valence-electron chi connectivity index (χ2n) is 7.59. The largest absolute Gasteiger partial charge is 0.480 e. The summed E-state index contributed by atoms with van der Waals surface area (Å²) in [6.07, 6.45) is 2.06. The maximum atomic E-state index is 12.9. The normalized spacial score (nSPS) is 16.1. The van der Waals surface area contributed by atoms with Crippen LogP contribution in [0.3, 0.4) is 0 Å². The summed E-state index contributed by atoms with van der Waals surface area (Å²) in [6.45, 7) is 1.78. The molecule has 0 saturated carbocycles. The molecule has 0 amide bonds. The van der Waals surface area contributed by atoms with E-state index < -0.39 is 22.0 Å². The van der Waals surface area contributed by atoms with Crippen molar-refractivity contribution in [3.05, 3.63) is 53.5 Å². The monoisotopic (exact) mass is 457 g/mol. The highest BCUT2D eigenvalue weighted by molar-refractivity contribution is 7.89. The first-order chi connectivity index (χ1) is 14.7. The molecule has 0 fully saturated rings. The fourth-order valence-electron chi connectivity index (χ4n) is 3.66. The number of nitrogens with zero attached hydrogens (tertiary/aromatic N) is 3. The van der Waals surface area contributed by atoms with Crippen LogP contribution >= 0.6 is 11.3 Å². The number of sulfonamides is 1. The van der Waals surface area contributed by atoms with E-state index in [1.807, 2.05) is 61.6 Å². The highest BCUT2D eigenvalue weighted by atomic mass is 32.2. The summed E-state index contributed by atoms with van der Waals surface area (Å²) in [5, 5.41) is 9.37. The molecule has 0 radical (unpaired) electrons. The smallest absolute Gasteiger partial charge is 0.322 e. The Bertz CT molecular complexity index is 1220. The minimum Gasteiger partial charge on any atom is -0.480 e. The Morgan fingerprint density at radius 2 is 1.81 bits per heavy atom. The molecule has 9 heteroatoms. The molecule has 0 spiro atoms. The van der Waals surface area contributed by atoms with Gasteiger partial charge in [-0.05, 0) is 35.7 Å². The maximum Gasteiger partial charge on any atom is 0.322 e. The van der Waals surface area contributed by atoms with Gasteiger partial charge in [0.1, 0.15) is 11.9 Å². The van der Waals surface area contributed by atoms with Crippen molar-refractivity contribution < 1.29 is 18.3 Å². The van der Waals surface area contributed by atoms with E-state index in [2.05, 4.69) is 4.98 Å². The zero-order valence-corrected chi connectivity index (χ0v) is 19.1. The molecule has 7 nitrogen and oxygen atoms in total. The summed E-state index contributed by atoms with van der Waals surface area (Å²) in [5.74, 6) is -0.234. The van der Waals surface area contributed by atoms with E-state index in [0.717, 1.165) is 31.7 Å². The topological polar surface area (TPSA) is 90.8 Å². The minimum atomic E-state index is -3.80. The molecule has 3 aromatic rings. The van der Waals surface area contributed by atoms with Crippen LogP contribution in [-0.2, 0) is 21.4 Å². The molecule has 1 aliphatic heterocycles. The van der Waals surface area contributed by atoms with Crippen LogP contribution in [0.5, 0.6) is 0 Å². The van der Waals surface area contributed by atoms with Gasteiger partial charge in [-0.2, -0.15) is 4.31 Å². The third-order valence-corrected chi connectivity index (χ3v) is 8.60. The lowest BCUT2D eigenvalue weighted by Crippen LogP contribution is -2.40. The lowest BCUT2D eigenvalue weighted by Gasteiger charge is -2.21. The molecule has 1 aromatic carbocycles. The van der Waals surface area contributed by atoms with Gasteiger partial charge in [0.05, 0.1) is 11.4 Å². The quantitative estimate of drug-likeness (QED) is 0.604. The molecule has 0 bridgehead atoms. The summed E-state index contributed by atoms with van der Waals surface area (Å²) < 4.78 is 26.9. The number of thiophene rings is 1. The van der Waals surface area contributed by atoms with Crippen LogP contribution in [0.15, 0.2) is 53.6 Å². The first-order valence-corrected chi connectivity index (χ1v) is 12.1. The number of rotatable bonds is 6. The van der Waals surface area contributed by atoms with Gasteiger partial charge in [-0.15, -0.1) is 11.3 Å². The number of pyridine rings is 1. The molecule has 4 rings (SSSR count). The van der Waals surface area contributed by atoms with Crippen LogP contribution in [0.25, 0.3) is 21.6 Å². The van der Waals surface area contributed by atoms with E-state index in [-0.39, 0.29) is 17.9 Å². The highest BCUT2D eigenvalue weighted by Gasteiger charge is 2.43. The van der Waals surface area contributed by atoms with E-state index in [9.17, 15) is 18.3 Å². The van der Waals surface area contributed by atoms with Gasteiger partial charge in [-0.3, -0.25) is 4.79 Å². The number of hydrogen-bond donors (Lipinski definition) is 1. The van der Waals surface area contributed by atoms with Crippen molar-refractivity contribution in [1.82, 2.24) is 9.29 Å². The molecule has 1 N–H and O–H groups in total. The Hall–Kier alpha value is -2.75. The maximum absolute atomic E-state index is 12.9. The van der Waals surface area contributed by atoms with E-state index >= 15 is 0 Å². The third-order valence-electron chi connectivity index (χ3n) is 5.38. The molecule has 1 aliphatic rings. The zero-order valence-electron chi connectivity index (χ0n) is 17.4. The molecule has 1 atom stereocenters. The summed E-state index contributed by atoms with van der Waals surface area (Å²) >= 11 is 1.40. The van der Waals surface area contributed by atoms with Crippen molar-refractivity contribution in [2.24, 2.45) is 0 Å². The highest BCUT2D eigenvalue weighted by Crippen LogP contribution is 2.42. The van der Waals surface area contributed by atoms with Crippen LogP contribution in [0.4, 0.5) is 5.82 Å². The van der Waals surface area contributed by atoms with Gasteiger partial charge in [-0.25, -0.2) is 13.4 Å². The fourth-order valence-corrected chi connectivity index (χ4v) is 7.06. The Kier molecular flexibility index (Phi) is 5.59. The number of anilines is 1. The van der Waals surface area contributed by atoms with Crippen molar-refractivity contribution in [2.75, 3.05) is 19.0 Å². The number of benzene rings is 1. The first kappa shape index (κ1) is 21.5. The van der Waals surface area contributed by atoms with Gasteiger partial charge in [0.25, 0.3) is 0 Å². The Labute approximate surface area is 185 Å². The number of fused-ring (bicyclic) bond motifs is 1. The summed E-state index contributed by atoms with van der Waals surface area (Å²) in [5.41, 5.74) is 2.95. The van der Waals surface area contributed by atoms with Crippen LogP contribution in [0.2, 0.25) is 0 Å². The van der Waals surface area contributed by atoms with Gasteiger partial charge in [0.2, 0.25) is 10.0 Å². The van der Waals surface area contributed by atoms with Crippen LogP contribution < -0.4 is 4.90 Å². The van der Waals surface area contributed by atoms with Gasteiger partial charge in [-0.1, -0.05) is 31.2 Å². The Morgan fingerprint density at radius 3 is 2.32 bits per heavy atom. The van der Waals surface area contributed by atoms with E-state index in [1.165, 1.54) is 11.3 Å². The SMILES string of the molecule is CCC(C(=O)O)N1Cc2sc(-c3ccc(-c4ccc(N(C)C)nc4)cc3)cc2S1(=O)=O. The van der Waals surface area contributed by atoms with E-state index in [0.29, 0.717) is 4.88 Å². The summed E-state index contributed by atoms with van der Waals surface area (Å²) in [7, 11) is 0.0847. The number of carbonyl (C=O) groups is 1. The van der Waals surface area contributed by atoms with E-state index in [1.54, 1.807) is 13.0 Å². The zero-order chi connectivity index (χ0) is 22.3. The Morgan fingerprint density at radius 1 is 1.16 bits per heavy atom. The number of carboxylic acids is 1. The molecular weight excluding hydrogens is 434 g/mol. The van der Waals surface area contributed by atoms with Gasteiger partial charge < -0.3 is 10.0 Å². The Balaban J connectivity index is 1.59. The second-order valence-corrected chi connectivity index (χ2v) is 10.6. The van der Waals surface area contributed by atoms with Gasteiger partial charge in [0, 0.05) is 35.6 Å². The fraction of sp³-hybridized carbons (Fsp3) is 0.273. The molecule has 2 aromatic heterocycles. The van der Waals surface area contributed by atoms with Crippen molar-refractivity contribution >= 4 is 33.1 Å². The van der Waals surface area contributed by atoms with Crippen LogP contribution in [0.1, 0.15) is 18.2 Å². The molecular formula is C22H23N3O4S2. The standard InChI is InChI=1S/C22H23N3O4S2/c1-4-17(22(26)27)25-13-19-20(31(25,28)29)11-18(30-19)15-7-5-14(6-8-15)16-9-10-21(23-12-16)24(2)3/h5-12,17H,4,13H2,1-3H3,(H,26,27). The van der Waals surface area contributed by atoms with E-state index in [4.69, 9.17) is 0 Å². The van der Waals surface area contributed by atoms with Crippen LogP contribution in [-0.4, -0.2) is 48.9 Å². The summed E-state index contributed by atoms with van der Waals surface area (Å²) in [4.78, 5) is 19.6. The van der Waals surface area contributed by atoms with Gasteiger partial charge >= 0.3 is 5.97 Å². The lowest BCUT2D eigenvalue weighted by molar-refractivity contribution is -0.141. The summed E-state index contributed by atoms with van der Waals surface area (Å²) in [6, 6.07) is 12.5.